The quantitative estimate of drug-likeness (QED) is 0.527. The first-order valence-corrected chi connectivity index (χ1v) is 4.11. The van der Waals surface area contributed by atoms with Crippen LogP contribution in [0.15, 0.2) is 29.4 Å². The number of hydrogen-bond acceptors (Lipinski definition) is 2. The third-order valence-electron chi connectivity index (χ3n) is 1.26. The van der Waals surface area contributed by atoms with E-state index in [0.717, 1.165) is 5.69 Å². The minimum atomic E-state index is 0.973. The second kappa shape index (κ2) is 6.40. The van der Waals surface area contributed by atoms with Gasteiger partial charge in [0.1, 0.15) is 0 Å². The van der Waals surface area contributed by atoms with Crippen LogP contribution >= 0.6 is 0 Å². The predicted octanol–water partition coefficient (Wildman–Crippen LogP) is 3.05. The molecule has 0 fully saturated rings. The molecular formula is C10H16N2. The molecule has 1 N–H and O–H groups in total. The lowest BCUT2D eigenvalue weighted by Gasteiger charge is -1.97. The fourth-order valence-corrected chi connectivity index (χ4v) is 0.719. The van der Waals surface area contributed by atoms with Gasteiger partial charge >= 0.3 is 0 Å². The lowest BCUT2D eigenvalue weighted by molar-refractivity contribution is 1.35. The van der Waals surface area contributed by atoms with Gasteiger partial charge in [-0.05, 0) is 19.1 Å². The van der Waals surface area contributed by atoms with Crippen molar-refractivity contribution in [2.75, 3.05) is 5.43 Å². The van der Waals surface area contributed by atoms with Gasteiger partial charge in [-0.25, -0.2) is 0 Å². The molecular weight excluding hydrogens is 148 g/mol. The SMILES string of the molecule is C=NNc1ccc(C)cc1.CC. The Bertz CT molecular complexity index is 214. The van der Waals surface area contributed by atoms with E-state index in [1.54, 1.807) is 0 Å². The van der Waals surface area contributed by atoms with Gasteiger partial charge < -0.3 is 0 Å². The Morgan fingerprint density at radius 2 is 1.67 bits per heavy atom. The third-order valence-corrected chi connectivity index (χ3v) is 1.26. The molecule has 0 aliphatic rings. The summed E-state index contributed by atoms with van der Waals surface area (Å²) in [5.74, 6) is 0. The van der Waals surface area contributed by atoms with Gasteiger partial charge in [0, 0.05) is 6.72 Å². The first-order chi connectivity index (χ1) is 5.83. The molecule has 0 saturated heterocycles. The Labute approximate surface area is 74.3 Å². The summed E-state index contributed by atoms with van der Waals surface area (Å²) in [5.41, 5.74) is 4.97. The maximum Gasteiger partial charge on any atom is 0.0561 e. The number of rotatable bonds is 2. The smallest absolute Gasteiger partial charge is 0.0561 e. The number of aryl methyl sites for hydroxylation is 1. The topological polar surface area (TPSA) is 24.4 Å². The molecule has 0 spiro atoms. The summed E-state index contributed by atoms with van der Waals surface area (Å²) >= 11 is 0. The van der Waals surface area contributed by atoms with Gasteiger partial charge in [-0.1, -0.05) is 31.5 Å². The molecule has 0 unspecified atom stereocenters. The minimum absolute atomic E-state index is 0.973. The summed E-state index contributed by atoms with van der Waals surface area (Å²) in [7, 11) is 0. The third kappa shape index (κ3) is 3.76. The molecule has 0 bridgehead atoms. The number of hydrazone groups is 1. The van der Waals surface area contributed by atoms with Crippen LogP contribution in [0.1, 0.15) is 19.4 Å². The zero-order chi connectivity index (χ0) is 9.40. The average molecular weight is 164 g/mol. The number of anilines is 1. The van der Waals surface area contributed by atoms with E-state index in [1.165, 1.54) is 5.56 Å². The number of hydrogen-bond donors (Lipinski definition) is 1. The molecule has 0 aliphatic heterocycles. The maximum atomic E-state index is 3.54. The maximum absolute atomic E-state index is 3.54. The highest BCUT2D eigenvalue weighted by atomic mass is 15.3. The van der Waals surface area contributed by atoms with Gasteiger partial charge in [-0.15, -0.1) is 0 Å². The molecule has 0 radical (unpaired) electrons. The van der Waals surface area contributed by atoms with Crippen molar-refractivity contribution in [3.8, 4) is 0 Å². The van der Waals surface area contributed by atoms with Crippen molar-refractivity contribution in [2.24, 2.45) is 5.10 Å². The van der Waals surface area contributed by atoms with Crippen LogP contribution in [0.5, 0.6) is 0 Å². The standard InChI is InChI=1S/C8H10N2.C2H6/c1-7-3-5-8(6-4-7)10-9-2;1-2/h3-6,10H,2H2,1H3;1-2H3. The van der Waals surface area contributed by atoms with Gasteiger partial charge in [0.05, 0.1) is 5.69 Å². The molecule has 0 heterocycles. The summed E-state index contributed by atoms with van der Waals surface area (Å²) in [6, 6.07) is 7.97. The van der Waals surface area contributed by atoms with E-state index >= 15 is 0 Å². The lowest BCUT2D eigenvalue weighted by Crippen LogP contribution is -1.84. The monoisotopic (exact) mass is 164 g/mol. The summed E-state index contributed by atoms with van der Waals surface area (Å²) < 4.78 is 0. The van der Waals surface area contributed by atoms with E-state index in [-0.39, 0.29) is 0 Å². The fraction of sp³-hybridized carbons (Fsp3) is 0.300. The van der Waals surface area contributed by atoms with Crippen molar-refractivity contribution < 1.29 is 0 Å². The van der Waals surface area contributed by atoms with E-state index in [4.69, 9.17) is 0 Å². The lowest BCUT2D eigenvalue weighted by atomic mass is 10.2. The van der Waals surface area contributed by atoms with Gasteiger partial charge in [-0.2, -0.15) is 5.10 Å². The first kappa shape index (κ1) is 10.7. The van der Waals surface area contributed by atoms with E-state index in [1.807, 2.05) is 45.0 Å². The molecule has 1 aromatic carbocycles. The van der Waals surface area contributed by atoms with Crippen molar-refractivity contribution in [2.45, 2.75) is 20.8 Å². The zero-order valence-electron chi connectivity index (χ0n) is 7.96. The Morgan fingerprint density at radius 1 is 1.17 bits per heavy atom. The van der Waals surface area contributed by atoms with Gasteiger partial charge in [0.15, 0.2) is 0 Å². The Balaban J connectivity index is 0.000000561. The average Bonchev–Trinajstić information content (AvgIpc) is 2.13. The number of benzene rings is 1. The Morgan fingerprint density at radius 3 is 2.08 bits per heavy atom. The molecule has 0 atom stereocenters. The van der Waals surface area contributed by atoms with E-state index in [0.29, 0.717) is 0 Å². The molecule has 2 heteroatoms. The van der Waals surface area contributed by atoms with Gasteiger partial charge in [0.25, 0.3) is 0 Å². The van der Waals surface area contributed by atoms with E-state index in [9.17, 15) is 0 Å². The van der Waals surface area contributed by atoms with Crippen LogP contribution in [0.2, 0.25) is 0 Å². The predicted molar refractivity (Wildman–Crippen MR) is 55.7 cm³/mol. The largest absolute Gasteiger partial charge is 0.279 e. The van der Waals surface area contributed by atoms with Crippen LogP contribution in [0.25, 0.3) is 0 Å². The van der Waals surface area contributed by atoms with Crippen LogP contribution in [0, 0.1) is 6.92 Å². The zero-order valence-corrected chi connectivity index (χ0v) is 7.96. The second-order valence-electron chi connectivity index (χ2n) is 2.14. The number of nitrogens with one attached hydrogen (secondary N) is 1. The second-order valence-corrected chi connectivity index (χ2v) is 2.14. The highest BCUT2D eigenvalue weighted by Crippen LogP contribution is 2.07. The van der Waals surface area contributed by atoms with Crippen molar-refractivity contribution in [1.29, 1.82) is 0 Å². The fourth-order valence-electron chi connectivity index (χ4n) is 0.719. The number of nitrogens with zero attached hydrogens (tertiary/aromatic N) is 1. The van der Waals surface area contributed by atoms with Crippen LogP contribution in [-0.4, -0.2) is 6.72 Å². The molecule has 0 amide bonds. The minimum Gasteiger partial charge on any atom is -0.279 e. The van der Waals surface area contributed by atoms with Crippen molar-refractivity contribution in [1.82, 2.24) is 0 Å². The summed E-state index contributed by atoms with van der Waals surface area (Å²) in [4.78, 5) is 0. The molecule has 12 heavy (non-hydrogen) atoms. The van der Waals surface area contributed by atoms with Gasteiger partial charge in [0.2, 0.25) is 0 Å². The van der Waals surface area contributed by atoms with Crippen LogP contribution in [0.4, 0.5) is 5.69 Å². The normalized spacial score (nSPS) is 7.92. The molecule has 1 aromatic rings. The molecule has 66 valence electrons. The molecule has 0 aliphatic carbocycles. The Kier molecular flexibility index (Phi) is 5.70. The molecule has 1 rings (SSSR count). The summed E-state index contributed by atoms with van der Waals surface area (Å²) in [5, 5.41) is 3.54. The van der Waals surface area contributed by atoms with E-state index in [2.05, 4.69) is 17.2 Å². The molecule has 0 saturated carbocycles. The van der Waals surface area contributed by atoms with E-state index < -0.39 is 0 Å². The van der Waals surface area contributed by atoms with Crippen LogP contribution < -0.4 is 5.43 Å². The summed E-state index contributed by atoms with van der Waals surface area (Å²) in [6.45, 7) is 9.36. The highest BCUT2D eigenvalue weighted by Gasteiger charge is 1.85. The highest BCUT2D eigenvalue weighted by molar-refractivity contribution is 5.45. The van der Waals surface area contributed by atoms with Crippen molar-refractivity contribution >= 4 is 12.4 Å². The Hall–Kier alpha value is -1.31. The summed E-state index contributed by atoms with van der Waals surface area (Å²) in [6.07, 6.45) is 0. The van der Waals surface area contributed by atoms with Crippen LogP contribution in [-0.2, 0) is 0 Å². The van der Waals surface area contributed by atoms with Crippen molar-refractivity contribution in [3.05, 3.63) is 29.8 Å². The van der Waals surface area contributed by atoms with Crippen LogP contribution in [0.3, 0.4) is 0 Å². The molecule has 0 aromatic heterocycles. The van der Waals surface area contributed by atoms with Crippen molar-refractivity contribution in [3.63, 3.8) is 0 Å². The van der Waals surface area contributed by atoms with Gasteiger partial charge in [-0.3, -0.25) is 5.43 Å². The first-order valence-electron chi connectivity index (χ1n) is 4.11. The molecule has 2 nitrogen and oxygen atoms in total.